The van der Waals surface area contributed by atoms with Crippen LogP contribution < -0.4 is 15.5 Å². The lowest BCUT2D eigenvalue weighted by molar-refractivity contribution is -0.137. The number of aryl methyl sites for hydroxylation is 1. The zero-order valence-electron chi connectivity index (χ0n) is 22.9. The summed E-state index contributed by atoms with van der Waals surface area (Å²) in [6.45, 7) is 5.99. The van der Waals surface area contributed by atoms with Crippen molar-refractivity contribution in [2.24, 2.45) is 0 Å². The molecule has 2 aliphatic heterocycles. The van der Waals surface area contributed by atoms with E-state index in [9.17, 15) is 18.0 Å². The van der Waals surface area contributed by atoms with Crippen LogP contribution in [0.2, 0.25) is 0 Å². The van der Waals surface area contributed by atoms with Gasteiger partial charge in [0, 0.05) is 56.3 Å². The topological polar surface area (TPSA) is 85.9 Å². The van der Waals surface area contributed by atoms with E-state index in [2.05, 4.69) is 50.6 Å². The zero-order chi connectivity index (χ0) is 28.0. The number of hydrogen-bond donors (Lipinski definition) is 2. The molecular formula is C27H38F3N7O2. The van der Waals surface area contributed by atoms with Crippen molar-refractivity contribution in [2.75, 3.05) is 75.6 Å². The number of nitrogens with zero attached hydrogens (tertiary/aromatic N) is 5. The van der Waals surface area contributed by atoms with E-state index in [1.165, 1.54) is 0 Å². The molecule has 4 rings (SSSR count). The molecule has 2 fully saturated rings. The summed E-state index contributed by atoms with van der Waals surface area (Å²) in [6.07, 6.45) is -1.15. The van der Waals surface area contributed by atoms with Gasteiger partial charge in [0.05, 0.1) is 19.6 Å². The van der Waals surface area contributed by atoms with E-state index >= 15 is 0 Å². The van der Waals surface area contributed by atoms with Gasteiger partial charge in [-0.2, -0.15) is 18.2 Å². The van der Waals surface area contributed by atoms with Crippen LogP contribution in [0.4, 0.5) is 36.3 Å². The highest BCUT2D eigenvalue weighted by Crippen LogP contribution is 2.35. The van der Waals surface area contributed by atoms with Crippen LogP contribution in [-0.4, -0.2) is 91.7 Å². The van der Waals surface area contributed by atoms with E-state index in [4.69, 9.17) is 4.74 Å². The quantitative estimate of drug-likeness (QED) is 0.431. The van der Waals surface area contributed by atoms with E-state index in [0.29, 0.717) is 45.2 Å². The Kier molecular flexibility index (Phi) is 9.49. The molecule has 9 nitrogen and oxygen atoms in total. The smallest absolute Gasteiger partial charge is 0.379 e. The fraction of sp³-hybridized carbons (Fsp3) is 0.593. The molecule has 2 aliphatic rings. The largest absolute Gasteiger partial charge is 0.421 e. The fourth-order valence-electron chi connectivity index (χ4n) is 4.93. The van der Waals surface area contributed by atoms with Crippen molar-refractivity contribution in [1.29, 1.82) is 0 Å². The number of alkyl halides is 3. The molecule has 1 atom stereocenters. The molecular weight excluding hydrogens is 511 g/mol. The average molecular weight is 550 g/mol. The third kappa shape index (κ3) is 7.51. The van der Waals surface area contributed by atoms with Crippen LogP contribution in [0.15, 0.2) is 24.4 Å². The van der Waals surface area contributed by atoms with Gasteiger partial charge in [0.15, 0.2) is 0 Å². The van der Waals surface area contributed by atoms with Gasteiger partial charge in [-0.3, -0.25) is 4.79 Å². The monoisotopic (exact) mass is 549 g/mol. The minimum atomic E-state index is -4.60. The Bertz CT molecular complexity index is 1130. The molecule has 1 amide bonds. The molecule has 1 aromatic carbocycles. The van der Waals surface area contributed by atoms with Crippen LogP contribution >= 0.6 is 0 Å². The van der Waals surface area contributed by atoms with Gasteiger partial charge in [-0.15, -0.1) is 0 Å². The van der Waals surface area contributed by atoms with Crippen LogP contribution in [0.5, 0.6) is 0 Å². The molecule has 2 saturated heterocycles. The van der Waals surface area contributed by atoms with Gasteiger partial charge < -0.3 is 30.1 Å². The summed E-state index contributed by atoms with van der Waals surface area (Å²) in [5, 5.41) is 5.93. The Morgan fingerprint density at radius 2 is 2.03 bits per heavy atom. The Balaban J connectivity index is 1.44. The van der Waals surface area contributed by atoms with Gasteiger partial charge in [-0.05, 0) is 57.1 Å². The number of halogens is 3. The molecule has 214 valence electrons. The van der Waals surface area contributed by atoms with Crippen molar-refractivity contribution < 1.29 is 22.7 Å². The molecule has 1 aromatic heterocycles. The van der Waals surface area contributed by atoms with E-state index in [-0.39, 0.29) is 24.2 Å². The number of carbonyl (C=O) groups is 1. The number of rotatable bonds is 10. The van der Waals surface area contributed by atoms with Crippen LogP contribution in [0.25, 0.3) is 0 Å². The highest BCUT2D eigenvalue weighted by atomic mass is 19.4. The second-order valence-corrected chi connectivity index (χ2v) is 10.1. The second-order valence-electron chi connectivity index (χ2n) is 10.1. The number of likely N-dealkylation sites (N-methyl/N-ethyl adjacent to an activating group) is 1. The SMILES string of the molecule is CCc1cc(N2CC[C@@H](N(C)C)C2)ccc1Nc1ncc(C(F)(F)F)c(NCCCN2CCOCCC2=O)n1. The lowest BCUT2D eigenvalue weighted by Gasteiger charge is -2.23. The van der Waals surface area contributed by atoms with Gasteiger partial charge in [-0.25, -0.2) is 4.98 Å². The summed E-state index contributed by atoms with van der Waals surface area (Å²) in [4.78, 5) is 26.5. The van der Waals surface area contributed by atoms with Crippen molar-refractivity contribution >= 4 is 29.0 Å². The number of amides is 1. The average Bonchev–Trinajstić information content (AvgIpc) is 3.31. The van der Waals surface area contributed by atoms with Crippen molar-refractivity contribution in [3.63, 3.8) is 0 Å². The van der Waals surface area contributed by atoms with E-state index in [0.717, 1.165) is 49.1 Å². The molecule has 0 spiro atoms. The predicted molar refractivity (Wildman–Crippen MR) is 146 cm³/mol. The molecule has 0 bridgehead atoms. The van der Waals surface area contributed by atoms with Crippen LogP contribution in [-0.2, 0) is 22.1 Å². The first-order valence-corrected chi connectivity index (χ1v) is 13.5. The normalized spacial score (nSPS) is 18.5. The maximum atomic E-state index is 13.7. The second kappa shape index (κ2) is 12.8. The molecule has 12 heteroatoms. The minimum Gasteiger partial charge on any atom is -0.379 e. The minimum absolute atomic E-state index is 0.00278. The summed E-state index contributed by atoms with van der Waals surface area (Å²) >= 11 is 0. The highest BCUT2D eigenvalue weighted by molar-refractivity contribution is 5.76. The first-order valence-electron chi connectivity index (χ1n) is 13.5. The van der Waals surface area contributed by atoms with Gasteiger partial charge in [0.25, 0.3) is 0 Å². The van der Waals surface area contributed by atoms with Crippen molar-refractivity contribution in [3.8, 4) is 0 Å². The van der Waals surface area contributed by atoms with Crippen LogP contribution in [0, 0.1) is 0 Å². The third-order valence-electron chi connectivity index (χ3n) is 7.28. The first kappa shape index (κ1) is 28.9. The maximum Gasteiger partial charge on any atom is 0.421 e. The van der Waals surface area contributed by atoms with Crippen LogP contribution in [0.1, 0.15) is 37.3 Å². The van der Waals surface area contributed by atoms with E-state index < -0.39 is 11.7 Å². The van der Waals surface area contributed by atoms with Gasteiger partial charge in [-0.1, -0.05) is 6.92 Å². The molecule has 0 radical (unpaired) electrons. The molecule has 0 aliphatic carbocycles. The Hall–Kier alpha value is -3.12. The lowest BCUT2D eigenvalue weighted by atomic mass is 10.1. The van der Waals surface area contributed by atoms with Gasteiger partial charge in [0.2, 0.25) is 11.9 Å². The predicted octanol–water partition coefficient (Wildman–Crippen LogP) is 3.99. The first-order chi connectivity index (χ1) is 18.7. The fourth-order valence-corrected chi connectivity index (χ4v) is 4.93. The standard InChI is InChI=1S/C27H38F3N7O2/c1-4-19-16-20(37-12-8-21(18-37)35(2)3)6-7-23(19)33-26-32-17-22(27(28,29)30)25(34-26)31-10-5-11-36-13-15-39-14-9-24(36)38/h6-7,16-17,21H,4-5,8-15,18H2,1-3H3,(H2,31,32,33,34)/t21-/m1/s1. The number of carbonyl (C=O) groups excluding carboxylic acids is 1. The summed E-state index contributed by atoms with van der Waals surface area (Å²) in [5.74, 6) is -0.203. The summed E-state index contributed by atoms with van der Waals surface area (Å²) < 4.78 is 46.3. The number of anilines is 4. The van der Waals surface area contributed by atoms with Gasteiger partial charge >= 0.3 is 6.18 Å². The molecule has 3 heterocycles. The highest BCUT2D eigenvalue weighted by Gasteiger charge is 2.35. The Morgan fingerprint density at radius 3 is 2.74 bits per heavy atom. The Labute approximate surface area is 227 Å². The molecule has 0 unspecified atom stereocenters. The number of aromatic nitrogens is 2. The van der Waals surface area contributed by atoms with E-state index in [1.54, 1.807) is 4.90 Å². The van der Waals surface area contributed by atoms with Crippen molar-refractivity contribution in [3.05, 3.63) is 35.5 Å². The summed E-state index contributed by atoms with van der Waals surface area (Å²) in [7, 11) is 4.19. The number of ether oxygens (including phenoxy) is 1. The molecule has 2 aromatic rings. The third-order valence-corrected chi connectivity index (χ3v) is 7.28. The molecule has 2 N–H and O–H groups in total. The van der Waals surface area contributed by atoms with Crippen LogP contribution in [0.3, 0.4) is 0 Å². The number of nitrogens with one attached hydrogen (secondary N) is 2. The number of hydrogen-bond acceptors (Lipinski definition) is 8. The zero-order valence-corrected chi connectivity index (χ0v) is 22.9. The summed E-state index contributed by atoms with van der Waals surface area (Å²) in [6, 6.07) is 6.60. The maximum absolute atomic E-state index is 13.7. The number of benzene rings is 1. The lowest BCUT2D eigenvalue weighted by Crippen LogP contribution is -2.33. The van der Waals surface area contributed by atoms with Crippen molar-refractivity contribution in [1.82, 2.24) is 19.8 Å². The Morgan fingerprint density at radius 1 is 1.21 bits per heavy atom. The molecule has 39 heavy (non-hydrogen) atoms. The summed E-state index contributed by atoms with van der Waals surface area (Å²) in [5.41, 5.74) is 2.00. The van der Waals surface area contributed by atoms with E-state index in [1.807, 2.05) is 19.1 Å². The molecule has 0 saturated carbocycles. The van der Waals surface area contributed by atoms with Crippen molar-refractivity contribution in [2.45, 2.75) is 44.8 Å². The van der Waals surface area contributed by atoms with Gasteiger partial charge in [0.1, 0.15) is 11.4 Å².